The first kappa shape index (κ1) is 36.2. The Balaban J connectivity index is 1.09. The topological polar surface area (TPSA) is 123 Å². The van der Waals surface area contributed by atoms with Crippen LogP contribution in [0.25, 0.3) is 0 Å². The van der Waals surface area contributed by atoms with Crippen LogP contribution >= 0.6 is 0 Å². The zero-order valence-corrected chi connectivity index (χ0v) is 29.9. The Morgan fingerprint density at radius 3 is 1.98 bits per heavy atom. The number of carbonyl (C=O) groups excluding carboxylic acids is 3. The van der Waals surface area contributed by atoms with E-state index in [1.165, 1.54) is 23.5 Å². The van der Waals surface area contributed by atoms with Crippen LogP contribution in [0.4, 0.5) is 19.7 Å². The quantitative estimate of drug-likeness (QED) is 0.408. The highest BCUT2D eigenvalue weighted by molar-refractivity contribution is 5.97. The predicted octanol–water partition coefficient (Wildman–Crippen LogP) is 5.66. The molecule has 6 rings (SSSR count). The van der Waals surface area contributed by atoms with Gasteiger partial charge in [0, 0.05) is 82.1 Å². The lowest BCUT2D eigenvalue weighted by atomic mass is 9.83. The fourth-order valence-corrected chi connectivity index (χ4v) is 7.53. The fourth-order valence-electron chi connectivity index (χ4n) is 7.53. The highest BCUT2D eigenvalue weighted by Crippen LogP contribution is 2.39. The van der Waals surface area contributed by atoms with Crippen LogP contribution in [0.1, 0.15) is 91.5 Å². The number of carbonyl (C=O) groups is 4. The van der Waals surface area contributed by atoms with Gasteiger partial charge in [0.1, 0.15) is 23.3 Å². The Morgan fingerprint density at radius 1 is 0.725 bits per heavy atom. The molecule has 4 amide bonds. The molecule has 0 aromatic heterocycles. The maximum absolute atomic E-state index is 14.7. The Bertz CT molecular complexity index is 1610. The molecular formula is C38H50FN5O7. The molecule has 0 bridgehead atoms. The number of amides is 4. The highest BCUT2D eigenvalue weighted by atomic mass is 19.1. The van der Waals surface area contributed by atoms with Crippen molar-refractivity contribution in [3.63, 3.8) is 0 Å². The first-order valence-electron chi connectivity index (χ1n) is 18.2. The van der Waals surface area contributed by atoms with Crippen molar-refractivity contribution in [1.82, 2.24) is 19.6 Å². The molecule has 12 nitrogen and oxygen atoms in total. The molecule has 1 atom stereocenters. The normalized spacial score (nSPS) is 20.4. The van der Waals surface area contributed by atoms with Crippen LogP contribution in [0.5, 0.6) is 5.75 Å². The van der Waals surface area contributed by atoms with Gasteiger partial charge in [-0.2, -0.15) is 0 Å². The zero-order chi connectivity index (χ0) is 36.3. The van der Waals surface area contributed by atoms with Crippen molar-refractivity contribution < 1.29 is 38.1 Å². The third kappa shape index (κ3) is 8.85. The second-order valence-electron chi connectivity index (χ2n) is 15.1. The van der Waals surface area contributed by atoms with Crippen molar-refractivity contribution in [2.45, 2.75) is 76.9 Å². The van der Waals surface area contributed by atoms with E-state index in [-0.39, 0.29) is 35.5 Å². The van der Waals surface area contributed by atoms with Crippen LogP contribution < -0.4 is 9.64 Å². The van der Waals surface area contributed by atoms with E-state index in [4.69, 9.17) is 9.47 Å². The summed E-state index contributed by atoms with van der Waals surface area (Å²) in [5, 5.41) is 9.24. The molecular weight excluding hydrogens is 657 g/mol. The van der Waals surface area contributed by atoms with Crippen LogP contribution in [0.15, 0.2) is 36.4 Å². The van der Waals surface area contributed by atoms with E-state index in [9.17, 15) is 28.7 Å². The number of halogens is 1. The third-order valence-corrected chi connectivity index (χ3v) is 10.3. The summed E-state index contributed by atoms with van der Waals surface area (Å²) < 4.78 is 26.8. The third-order valence-electron chi connectivity index (χ3n) is 10.3. The number of carboxylic acid groups (broad SMARTS) is 1. The van der Waals surface area contributed by atoms with E-state index in [1.54, 1.807) is 20.8 Å². The lowest BCUT2D eigenvalue weighted by molar-refractivity contribution is 0.0275. The van der Waals surface area contributed by atoms with Gasteiger partial charge in [-0.05, 0) is 81.5 Å². The van der Waals surface area contributed by atoms with E-state index >= 15 is 0 Å². The first-order chi connectivity index (χ1) is 24.3. The van der Waals surface area contributed by atoms with Crippen LogP contribution in [-0.2, 0) is 4.74 Å². The number of hydrogen-bond donors (Lipinski definition) is 1. The Morgan fingerprint density at radius 2 is 1.35 bits per heavy atom. The fraction of sp³-hybridized carbons (Fsp3) is 0.579. The minimum absolute atomic E-state index is 0.101. The van der Waals surface area contributed by atoms with Crippen LogP contribution in [-0.4, -0.2) is 126 Å². The largest absolute Gasteiger partial charge is 0.488 e. The van der Waals surface area contributed by atoms with E-state index < -0.39 is 17.5 Å². The number of nitrogens with zero attached hydrogens (tertiary/aromatic N) is 5. The minimum Gasteiger partial charge on any atom is -0.488 e. The second kappa shape index (κ2) is 15.4. The summed E-state index contributed by atoms with van der Waals surface area (Å²) in [7, 11) is 0. The molecule has 0 spiro atoms. The monoisotopic (exact) mass is 707 g/mol. The van der Waals surface area contributed by atoms with Gasteiger partial charge in [-0.25, -0.2) is 14.0 Å². The van der Waals surface area contributed by atoms with Crippen molar-refractivity contribution in [2.24, 2.45) is 0 Å². The van der Waals surface area contributed by atoms with Gasteiger partial charge in [0.15, 0.2) is 0 Å². The minimum atomic E-state index is -0.980. The standard InChI is InChI=1S/C38H50FN5O7/c1-38(2,3)51-37(49)44-12-11-31(25-44)50-33-10-9-27(23-32(33)26-7-5-4-6-8-26)34(45)41-15-17-42(18-16-41)35(46)28-21-29(39)24-30(22-28)40-13-19-43(20-14-40)36(47)48/h9-10,21-24,26,31H,4-8,11-20,25H2,1-3H3,(H,47,48). The van der Waals surface area contributed by atoms with Gasteiger partial charge < -0.3 is 39.1 Å². The van der Waals surface area contributed by atoms with E-state index in [0.717, 1.165) is 37.0 Å². The van der Waals surface area contributed by atoms with E-state index in [2.05, 4.69) is 0 Å². The maximum Gasteiger partial charge on any atom is 0.410 e. The summed E-state index contributed by atoms with van der Waals surface area (Å²) >= 11 is 0. The second-order valence-corrected chi connectivity index (χ2v) is 15.1. The van der Waals surface area contributed by atoms with E-state index in [0.29, 0.717) is 83.1 Å². The van der Waals surface area contributed by atoms with Gasteiger partial charge in [-0.3, -0.25) is 9.59 Å². The Labute approximate surface area is 299 Å². The average Bonchev–Trinajstić information content (AvgIpc) is 3.59. The molecule has 51 heavy (non-hydrogen) atoms. The number of piperazine rings is 2. The molecule has 4 aliphatic rings. The summed E-state index contributed by atoms with van der Waals surface area (Å²) in [6.45, 7) is 9.34. The van der Waals surface area contributed by atoms with Gasteiger partial charge in [0.05, 0.1) is 6.54 Å². The first-order valence-corrected chi connectivity index (χ1v) is 18.2. The molecule has 2 aromatic carbocycles. The Kier molecular flexibility index (Phi) is 10.9. The number of rotatable bonds is 6. The summed E-state index contributed by atoms with van der Waals surface area (Å²) in [6.07, 6.45) is 4.74. The van der Waals surface area contributed by atoms with E-state index in [1.807, 2.05) is 43.9 Å². The number of anilines is 1. The number of benzene rings is 2. The molecule has 0 radical (unpaired) electrons. The summed E-state index contributed by atoms with van der Waals surface area (Å²) in [6, 6.07) is 9.96. The highest BCUT2D eigenvalue weighted by Gasteiger charge is 2.33. The van der Waals surface area contributed by atoms with Gasteiger partial charge in [0.25, 0.3) is 11.8 Å². The molecule has 276 valence electrons. The number of hydrogen-bond acceptors (Lipinski definition) is 7. The van der Waals surface area contributed by atoms with Gasteiger partial charge in [0.2, 0.25) is 0 Å². The average molecular weight is 708 g/mol. The van der Waals surface area contributed by atoms with Crippen LogP contribution in [0.3, 0.4) is 0 Å². The van der Waals surface area contributed by atoms with Crippen molar-refractivity contribution in [1.29, 1.82) is 0 Å². The Hall–Kier alpha value is -4.55. The smallest absolute Gasteiger partial charge is 0.410 e. The van der Waals surface area contributed by atoms with Crippen molar-refractivity contribution >= 4 is 29.7 Å². The van der Waals surface area contributed by atoms with Gasteiger partial charge >= 0.3 is 12.2 Å². The molecule has 3 heterocycles. The molecule has 13 heteroatoms. The molecule has 1 unspecified atom stereocenters. The summed E-state index contributed by atoms with van der Waals surface area (Å²) in [5.74, 6) is 0.126. The molecule has 1 aliphatic carbocycles. The van der Waals surface area contributed by atoms with Crippen LogP contribution in [0, 0.1) is 5.82 Å². The van der Waals surface area contributed by atoms with Crippen molar-refractivity contribution in [3.8, 4) is 5.75 Å². The van der Waals surface area contributed by atoms with Crippen molar-refractivity contribution in [2.75, 3.05) is 70.3 Å². The molecule has 1 N–H and O–H groups in total. The van der Waals surface area contributed by atoms with Gasteiger partial charge in [-0.1, -0.05) is 19.3 Å². The van der Waals surface area contributed by atoms with Crippen molar-refractivity contribution in [3.05, 3.63) is 58.9 Å². The maximum atomic E-state index is 14.7. The summed E-state index contributed by atoms with van der Waals surface area (Å²) in [5.41, 5.74) is 1.84. The molecule has 2 aromatic rings. The molecule has 4 fully saturated rings. The lowest BCUT2D eigenvalue weighted by Crippen LogP contribution is -2.50. The SMILES string of the molecule is CC(C)(C)OC(=O)N1CCC(Oc2ccc(C(=O)N3CCN(C(=O)c4cc(F)cc(N5CCN(C(=O)O)CC5)c4)CC3)cc2C2CCCCC2)C1. The number of likely N-dealkylation sites (tertiary alicyclic amines) is 1. The zero-order valence-electron chi connectivity index (χ0n) is 29.9. The van der Waals surface area contributed by atoms with Crippen LogP contribution in [0.2, 0.25) is 0 Å². The summed E-state index contributed by atoms with van der Waals surface area (Å²) in [4.78, 5) is 59.6. The molecule has 3 aliphatic heterocycles. The lowest BCUT2D eigenvalue weighted by Gasteiger charge is -2.36. The van der Waals surface area contributed by atoms with Gasteiger partial charge in [-0.15, -0.1) is 0 Å². The molecule has 1 saturated carbocycles. The number of ether oxygens (including phenoxy) is 2. The molecule has 3 saturated heterocycles. The predicted molar refractivity (Wildman–Crippen MR) is 189 cm³/mol.